The van der Waals surface area contributed by atoms with Gasteiger partial charge < -0.3 is 4.90 Å². The topological polar surface area (TPSA) is 38.1 Å². The van der Waals surface area contributed by atoms with Gasteiger partial charge in [-0.2, -0.15) is 5.10 Å². The van der Waals surface area contributed by atoms with E-state index in [0.29, 0.717) is 11.4 Å². The first-order valence-corrected chi connectivity index (χ1v) is 6.41. The minimum absolute atomic E-state index is 0.0430. The monoisotopic (exact) mass is 257 g/mol. The summed E-state index contributed by atoms with van der Waals surface area (Å²) >= 11 is 5.61. The number of hydrogen-bond donors (Lipinski definition) is 0. The van der Waals surface area contributed by atoms with Crippen LogP contribution in [0.1, 0.15) is 35.3 Å². The van der Waals surface area contributed by atoms with Gasteiger partial charge in [-0.25, -0.2) is 0 Å². The first-order chi connectivity index (χ1) is 8.07. The molecule has 17 heavy (non-hydrogen) atoms. The molecule has 1 aromatic rings. The summed E-state index contributed by atoms with van der Waals surface area (Å²) in [7, 11) is 3.67. The third-order valence-electron chi connectivity index (χ3n) is 2.94. The highest BCUT2D eigenvalue weighted by Gasteiger charge is 2.16. The molecule has 1 aromatic heterocycles. The molecule has 96 valence electrons. The van der Waals surface area contributed by atoms with Crippen molar-refractivity contribution in [2.75, 3.05) is 19.5 Å². The van der Waals surface area contributed by atoms with E-state index >= 15 is 0 Å². The number of amides is 1. The van der Waals surface area contributed by atoms with Crippen molar-refractivity contribution in [1.82, 2.24) is 14.7 Å². The second kappa shape index (κ2) is 6.64. The Labute approximate surface area is 108 Å². The average molecular weight is 258 g/mol. The number of unbranched alkanes of at least 4 members (excludes halogenated alkanes) is 2. The maximum Gasteiger partial charge on any atom is 0.257 e. The fourth-order valence-electron chi connectivity index (χ4n) is 1.64. The van der Waals surface area contributed by atoms with Gasteiger partial charge in [0.1, 0.15) is 0 Å². The van der Waals surface area contributed by atoms with Gasteiger partial charge in [-0.1, -0.05) is 6.42 Å². The van der Waals surface area contributed by atoms with Crippen molar-refractivity contribution in [3.05, 3.63) is 17.5 Å². The van der Waals surface area contributed by atoms with Crippen LogP contribution in [0.3, 0.4) is 0 Å². The summed E-state index contributed by atoms with van der Waals surface area (Å²) in [5.41, 5.74) is 1.59. The number of hydrogen-bond acceptors (Lipinski definition) is 2. The second-order valence-electron chi connectivity index (χ2n) is 4.24. The van der Waals surface area contributed by atoms with Gasteiger partial charge in [0.15, 0.2) is 0 Å². The minimum atomic E-state index is 0.0430. The minimum Gasteiger partial charge on any atom is -0.342 e. The highest BCUT2D eigenvalue weighted by atomic mass is 35.5. The Kier molecular flexibility index (Phi) is 5.48. The van der Waals surface area contributed by atoms with E-state index < -0.39 is 0 Å². The molecule has 0 aliphatic rings. The third-order valence-corrected chi connectivity index (χ3v) is 3.21. The predicted molar refractivity (Wildman–Crippen MR) is 69.5 cm³/mol. The molecule has 5 heteroatoms. The zero-order chi connectivity index (χ0) is 12.8. The van der Waals surface area contributed by atoms with Crippen molar-refractivity contribution in [1.29, 1.82) is 0 Å². The van der Waals surface area contributed by atoms with Gasteiger partial charge in [-0.05, 0) is 19.8 Å². The summed E-state index contributed by atoms with van der Waals surface area (Å²) in [5.74, 6) is 0.737. The third kappa shape index (κ3) is 3.73. The van der Waals surface area contributed by atoms with E-state index in [0.717, 1.165) is 31.5 Å². The summed E-state index contributed by atoms with van der Waals surface area (Å²) in [5, 5.41) is 4.08. The van der Waals surface area contributed by atoms with Crippen LogP contribution in [0.15, 0.2) is 6.20 Å². The first kappa shape index (κ1) is 14.0. The van der Waals surface area contributed by atoms with Crippen LogP contribution >= 0.6 is 11.6 Å². The zero-order valence-electron chi connectivity index (χ0n) is 10.7. The lowest BCUT2D eigenvalue weighted by Gasteiger charge is -2.16. The molecule has 0 spiro atoms. The summed E-state index contributed by atoms with van der Waals surface area (Å²) in [6.07, 6.45) is 4.70. The fraction of sp³-hybridized carbons (Fsp3) is 0.667. The Morgan fingerprint density at radius 3 is 2.71 bits per heavy atom. The Balaban J connectivity index is 2.49. The van der Waals surface area contributed by atoms with Crippen LogP contribution < -0.4 is 0 Å². The van der Waals surface area contributed by atoms with Crippen LogP contribution in [0, 0.1) is 6.92 Å². The van der Waals surface area contributed by atoms with Crippen LogP contribution in [0.25, 0.3) is 0 Å². The van der Waals surface area contributed by atoms with Gasteiger partial charge >= 0.3 is 0 Å². The molecular formula is C12H20ClN3O. The lowest BCUT2D eigenvalue weighted by molar-refractivity contribution is 0.0792. The van der Waals surface area contributed by atoms with Gasteiger partial charge in [0, 0.05) is 32.2 Å². The summed E-state index contributed by atoms with van der Waals surface area (Å²) in [4.78, 5) is 13.8. The summed E-state index contributed by atoms with van der Waals surface area (Å²) < 4.78 is 1.72. The fourth-order valence-corrected chi connectivity index (χ4v) is 1.83. The highest BCUT2D eigenvalue weighted by molar-refractivity contribution is 6.17. The van der Waals surface area contributed by atoms with E-state index in [1.54, 1.807) is 15.8 Å². The number of alkyl halides is 1. The molecule has 0 unspecified atom stereocenters. The van der Waals surface area contributed by atoms with Crippen LogP contribution in [-0.2, 0) is 7.05 Å². The number of aryl methyl sites for hydroxylation is 1. The molecule has 0 aliphatic heterocycles. The van der Waals surface area contributed by atoms with Gasteiger partial charge in [-0.15, -0.1) is 11.6 Å². The Bertz CT molecular complexity index is 376. The lowest BCUT2D eigenvalue weighted by Crippen LogP contribution is -2.28. The van der Waals surface area contributed by atoms with E-state index in [1.165, 1.54) is 0 Å². The smallest absolute Gasteiger partial charge is 0.257 e. The molecule has 0 saturated heterocycles. The number of aromatic nitrogens is 2. The second-order valence-corrected chi connectivity index (χ2v) is 4.62. The van der Waals surface area contributed by atoms with E-state index in [-0.39, 0.29) is 5.91 Å². The molecule has 0 N–H and O–H groups in total. The number of halogens is 1. The van der Waals surface area contributed by atoms with Crippen molar-refractivity contribution in [2.45, 2.75) is 26.2 Å². The van der Waals surface area contributed by atoms with Gasteiger partial charge in [0.25, 0.3) is 5.91 Å². The van der Waals surface area contributed by atoms with Crippen LogP contribution in [-0.4, -0.2) is 40.1 Å². The normalized spacial score (nSPS) is 10.6. The molecule has 0 fully saturated rings. The van der Waals surface area contributed by atoms with Crippen LogP contribution in [0.4, 0.5) is 0 Å². The number of carbonyl (C=O) groups excluding carboxylic acids is 1. The molecule has 0 aliphatic carbocycles. The van der Waals surface area contributed by atoms with Crippen molar-refractivity contribution in [2.24, 2.45) is 7.05 Å². The number of carbonyl (C=O) groups is 1. The summed E-state index contributed by atoms with van der Waals surface area (Å²) in [6, 6.07) is 0. The van der Waals surface area contributed by atoms with Crippen LogP contribution in [0.5, 0.6) is 0 Å². The van der Waals surface area contributed by atoms with Crippen molar-refractivity contribution in [3.63, 3.8) is 0 Å². The largest absolute Gasteiger partial charge is 0.342 e. The molecule has 1 amide bonds. The average Bonchev–Trinajstić information content (AvgIpc) is 2.64. The molecule has 0 saturated carbocycles. The zero-order valence-corrected chi connectivity index (χ0v) is 11.5. The predicted octanol–water partition coefficient (Wildman–Crippen LogP) is 2.21. The van der Waals surface area contributed by atoms with Crippen molar-refractivity contribution < 1.29 is 4.79 Å². The van der Waals surface area contributed by atoms with Gasteiger partial charge in [0.05, 0.1) is 11.8 Å². The number of rotatable bonds is 6. The van der Waals surface area contributed by atoms with E-state index in [1.807, 2.05) is 21.0 Å². The van der Waals surface area contributed by atoms with E-state index in [2.05, 4.69) is 5.10 Å². The molecule has 1 heterocycles. The molecule has 1 rings (SSSR count). The summed E-state index contributed by atoms with van der Waals surface area (Å²) in [6.45, 7) is 2.67. The van der Waals surface area contributed by atoms with Gasteiger partial charge in [-0.3, -0.25) is 9.48 Å². The maximum absolute atomic E-state index is 12.1. The van der Waals surface area contributed by atoms with Crippen LogP contribution in [0.2, 0.25) is 0 Å². The molecule has 0 bridgehead atoms. The van der Waals surface area contributed by atoms with Crippen molar-refractivity contribution in [3.8, 4) is 0 Å². The number of nitrogens with zero attached hydrogens (tertiary/aromatic N) is 3. The molecule has 4 nitrogen and oxygen atoms in total. The van der Waals surface area contributed by atoms with Gasteiger partial charge in [0.2, 0.25) is 0 Å². The van der Waals surface area contributed by atoms with E-state index in [9.17, 15) is 4.79 Å². The Hall–Kier alpha value is -1.03. The quantitative estimate of drug-likeness (QED) is 0.579. The first-order valence-electron chi connectivity index (χ1n) is 5.88. The molecule has 0 aromatic carbocycles. The standard InChI is InChI=1S/C12H20ClN3O/c1-10-11(9-14-16(10)3)12(17)15(2)8-6-4-5-7-13/h9H,4-8H2,1-3H3. The maximum atomic E-state index is 12.1. The lowest BCUT2D eigenvalue weighted by atomic mass is 10.2. The Morgan fingerprint density at radius 1 is 1.47 bits per heavy atom. The molecular weight excluding hydrogens is 238 g/mol. The molecule has 0 atom stereocenters. The Morgan fingerprint density at radius 2 is 2.18 bits per heavy atom. The van der Waals surface area contributed by atoms with Crippen molar-refractivity contribution >= 4 is 17.5 Å². The highest BCUT2D eigenvalue weighted by Crippen LogP contribution is 2.09. The molecule has 0 radical (unpaired) electrons. The van der Waals surface area contributed by atoms with E-state index in [4.69, 9.17) is 11.6 Å². The SMILES string of the molecule is Cc1c(C(=O)N(C)CCCCCCl)cnn1C.